The number of allylic oxidation sites excluding steroid dienone is 1. The average Bonchev–Trinajstić information content (AvgIpc) is 2.55. The SMILES string of the molecule is C=C(CCCNC)O/N=C(/c1ccc(C=O)cc1)C(C)CC. The summed E-state index contributed by atoms with van der Waals surface area (Å²) in [6, 6.07) is 7.40. The van der Waals surface area contributed by atoms with Crippen molar-refractivity contribution in [2.75, 3.05) is 13.6 Å². The van der Waals surface area contributed by atoms with E-state index in [0.29, 0.717) is 11.3 Å². The molecule has 0 heterocycles. The molecule has 0 saturated heterocycles. The lowest BCUT2D eigenvalue weighted by molar-refractivity contribution is 0.112. The van der Waals surface area contributed by atoms with Crippen LogP contribution < -0.4 is 5.32 Å². The van der Waals surface area contributed by atoms with Crippen LogP contribution in [0.4, 0.5) is 0 Å². The third-order valence-electron chi connectivity index (χ3n) is 3.58. The van der Waals surface area contributed by atoms with Crippen molar-refractivity contribution in [3.05, 3.63) is 47.7 Å². The highest BCUT2D eigenvalue weighted by Gasteiger charge is 2.13. The Morgan fingerprint density at radius 1 is 1.41 bits per heavy atom. The molecule has 1 N–H and O–H groups in total. The summed E-state index contributed by atoms with van der Waals surface area (Å²) >= 11 is 0. The van der Waals surface area contributed by atoms with Gasteiger partial charge in [-0.25, -0.2) is 0 Å². The molecule has 1 aromatic carbocycles. The quantitative estimate of drug-likeness (QED) is 0.235. The van der Waals surface area contributed by atoms with Crippen molar-refractivity contribution in [1.29, 1.82) is 0 Å². The van der Waals surface area contributed by atoms with Crippen LogP contribution in [-0.4, -0.2) is 25.6 Å². The lowest BCUT2D eigenvalue weighted by atomic mass is 9.96. The molecule has 0 aromatic heterocycles. The van der Waals surface area contributed by atoms with E-state index in [4.69, 9.17) is 4.84 Å². The van der Waals surface area contributed by atoms with Gasteiger partial charge in [0.25, 0.3) is 0 Å². The van der Waals surface area contributed by atoms with Crippen LogP contribution in [0.1, 0.15) is 49.0 Å². The molecule has 1 rings (SSSR count). The van der Waals surface area contributed by atoms with Crippen molar-refractivity contribution in [1.82, 2.24) is 5.32 Å². The Hall–Kier alpha value is -1.94. The monoisotopic (exact) mass is 302 g/mol. The summed E-state index contributed by atoms with van der Waals surface area (Å²) in [5.41, 5.74) is 2.52. The number of aldehydes is 1. The molecule has 0 bridgehead atoms. The predicted octanol–water partition coefficient (Wildman–Crippen LogP) is 3.78. The number of carbonyl (C=O) groups is 1. The van der Waals surface area contributed by atoms with Crippen molar-refractivity contribution in [3.8, 4) is 0 Å². The molecule has 1 unspecified atom stereocenters. The first-order chi connectivity index (χ1) is 10.6. The third kappa shape index (κ3) is 5.82. The summed E-state index contributed by atoms with van der Waals surface area (Å²) in [6.45, 7) is 9.05. The van der Waals surface area contributed by atoms with Crippen LogP contribution >= 0.6 is 0 Å². The summed E-state index contributed by atoms with van der Waals surface area (Å²) in [4.78, 5) is 16.2. The third-order valence-corrected chi connectivity index (χ3v) is 3.58. The van der Waals surface area contributed by atoms with Crippen molar-refractivity contribution >= 4 is 12.0 Å². The molecule has 0 saturated carbocycles. The Kier molecular flexibility index (Phi) is 8.15. The number of hydrogen-bond donors (Lipinski definition) is 1. The van der Waals surface area contributed by atoms with E-state index in [2.05, 4.69) is 30.9 Å². The minimum absolute atomic E-state index is 0.271. The molecule has 120 valence electrons. The Morgan fingerprint density at radius 2 is 2.09 bits per heavy atom. The Labute approximate surface area is 133 Å². The van der Waals surface area contributed by atoms with Gasteiger partial charge in [-0.1, -0.05) is 49.8 Å². The van der Waals surface area contributed by atoms with Gasteiger partial charge in [-0.2, -0.15) is 0 Å². The van der Waals surface area contributed by atoms with Gasteiger partial charge in [0.1, 0.15) is 12.0 Å². The number of hydrogen-bond acceptors (Lipinski definition) is 4. The van der Waals surface area contributed by atoms with Gasteiger partial charge < -0.3 is 10.2 Å². The van der Waals surface area contributed by atoms with Crippen LogP contribution in [0.2, 0.25) is 0 Å². The normalized spacial score (nSPS) is 12.8. The summed E-state index contributed by atoms with van der Waals surface area (Å²) in [7, 11) is 1.92. The van der Waals surface area contributed by atoms with Gasteiger partial charge in [0.2, 0.25) is 0 Å². The maximum Gasteiger partial charge on any atom is 0.150 e. The molecule has 0 aliphatic rings. The zero-order valence-electron chi connectivity index (χ0n) is 13.8. The Balaban J connectivity index is 2.80. The molecule has 4 heteroatoms. The molecule has 1 atom stereocenters. The zero-order valence-corrected chi connectivity index (χ0v) is 13.8. The number of rotatable bonds is 10. The van der Waals surface area contributed by atoms with E-state index in [-0.39, 0.29) is 5.92 Å². The lowest BCUT2D eigenvalue weighted by Crippen LogP contribution is -2.13. The van der Waals surface area contributed by atoms with E-state index in [1.165, 1.54) is 0 Å². The topological polar surface area (TPSA) is 50.7 Å². The number of carbonyl (C=O) groups excluding carboxylic acids is 1. The van der Waals surface area contributed by atoms with Gasteiger partial charge >= 0.3 is 0 Å². The maximum atomic E-state index is 10.7. The summed E-state index contributed by atoms with van der Waals surface area (Å²) in [5, 5.41) is 7.40. The number of nitrogens with one attached hydrogen (secondary N) is 1. The van der Waals surface area contributed by atoms with Crippen molar-refractivity contribution < 1.29 is 9.63 Å². The largest absolute Gasteiger partial charge is 0.362 e. The van der Waals surface area contributed by atoms with Crippen LogP contribution in [0.3, 0.4) is 0 Å². The fourth-order valence-corrected chi connectivity index (χ4v) is 1.97. The van der Waals surface area contributed by atoms with E-state index in [1.54, 1.807) is 12.1 Å². The molecule has 0 radical (unpaired) electrons. The fourth-order valence-electron chi connectivity index (χ4n) is 1.97. The van der Waals surface area contributed by atoms with Gasteiger partial charge in [0.05, 0.1) is 5.71 Å². The smallest absolute Gasteiger partial charge is 0.150 e. The van der Waals surface area contributed by atoms with E-state index in [1.807, 2.05) is 19.2 Å². The van der Waals surface area contributed by atoms with Gasteiger partial charge in [0, 0.05) is 17.9 Å². The minimum Gasteiger partial charge on any atom is -0.362 e. The molecule has 0 fully saturated rings. The van der Waals surface area contributed by atoms with Crippen LogP contribution in [0.5, 0.6) is 0 Å². The Morgan fingerprint density at radius 3 is 2.64 bits per heavy atom. The first-order valence-corrected chi connectivity index (χ1v) is 7.75. The van der Waals surface area contributed by atoms with Crippen LogP contribution in [0.25, 0.3) is 0 Å². The summed E-state index contributed by atoms with van der Waals surface area (Å²) < 4.78 is 0. The molecular formula is C18H26N2O2. The highest BCUT2D eigenvalue weighted by molar-refractivity contribution is 6.02. The van der Waals surface area contributed by atoms with Gasteiger partial charge in [0.15, 0.2) is 0 Å². The second-order valence-corrected chi connectivity index (χ2v) is 5.36. The van der Waals surface area contributed by atoms with E-state index in [9.17, 15) is 4.79 Å². The van der Waals surface area contributed by atoms with Crippen molar-refractivity contribution in [2.24, 2.45) is 11.1 Å². The standard InChI is InChI=1S/C18H26N2O2/c1-5-14(2)18(17-10-8-16(13-21)9-11-17)20-22-15(3)7-6-12-19-4/h8-11,13-14,19H,3,5-7,12H2,1-2,4H3/b20-18+. The molecule has 1 aromatic rings. The molecule has 0 aliphatic carbocycles. The van der Waals surface area contributed by atoms with E-state index in [0.717, 1.165) is 43.4 Å². The van der Waals surface area contributed by atoms with E-state index < -0.39 is 0 Å². The molecule has 4 nitrogen and oxygen atoms in total. The second-order valence-electron chi connectivity index (χ2n) is 5.36. The van der Waals surface area contributed by atoms with E-state index >= 15 is 0 Å². The fraction of sp³-hybridized carbons (Fsp3) is 0.444. The van der Waals surface area contributed by atoms with Gasteiger partial charge in [-0.15, -0.1) is 0 Å². The predicted molar refractivity (Wildman–Crippen MR) is 91.2 cm³/mol. The van der Waals surface area contributed by atoms with Crippen molar-refractivity contribution in [3.63, 3.8) is 0 Å². The Bertz CT molecular complexity index is 506. The van der Waals surface area contributed by atoms with Gasteiger partial charge in [-0.3, -0.25) is 4.79 Å². The number of benzene rings is 1. The van der Waals surface area contributed by atoms with Crippen LogP contribution in [0.15, 0.2) is 41.8 Å². The number of oxime groups is 1. The molecule has 0 amide bonds. The zero-order chi connectivity index (χ0) is 16.4. The van der Waals surface area contributed by atoms with Crippen molar-refractivity contribution in [2.45, 2.75) is 33.1 Å². The molecular weight excluding hydrogens is 276 g/mol. The van der Waals surface area contributed by atoms with Crippen LogP contribution in [0, 0.1) is 5.92 Å². The molecule has 0 aliphatic heterocycles. The first kappa shape index (κ1) is 18.1. The number of nitrogens with zero attached hydrogens (tertiary/aromatic N) is 1. The lowest BCUT2D eigenvalue weighted by Gasteiger charge is -2.13. The molecule has 0 spiro atoms. The first-order valence-electron chi connectivity index (χ1n) is 7.75. The van der Waals surface area contributed by atoms with Gasteiger partial charge in [-0.05, 0) is 32.0 Å². The highest BCUT2D eigenvalue weighted by atomic mass is 16.6. The highest BCUT2D eigenvalue weighted by Crippen LogP contribution is 2.16. The second kappa shape index (κ2) is 9.90. The molecule has 22 heavy (non-hydrogen) atoms. The minimum atomic E-state index is 0.271. The van der Waals surface area contributed by atoms with Crippen LogP contribution in [-0.2, 0) is 4.84 Å². The summed E-state index contributed by atoms with van der Waals surface area (Å²) in [6.07, 6.45) is 3.55. The maximum absolute atomic E-state index is 10.7. The average molecular weight is 302 g/mol. The summed E-state index contributed by atoms with van der Waals surface area (Å²) in [5.74, 6) is 0.938.